The number of benzene rings is 2. The largest absolute Gasteiger partial charge is 0.496 e. The standard InChI is InChI=1S/C18H18BClO2S/c1-17(2)18(3,4)22-19(21-17)13-9-12-11-7-5-6-8-15(11)23-16(12)10-14(13)20/h5-10H,1-4H3. The second-order valence-corrected chi connectivity index (χ2v) is 8.55. The van der Waals surface area contributed by atoms with Gasteiger partial charge in [0.1, 0.15) is 0 Å². The van der Waals surface area contributed by atoms with Crippen molar-refractivity contribution in [3.8, 4) is 0 Å². The average Bonchev–Trinajstić information content (AvgIpc) is 2.91. The van der Waals surface area contributed by atoms with Crippen LogP contribution in [0.25, 0.3) is 20.2 Å². The minimum Gasteiger partial charge on any atom is -0.399 e. The first-order valence-electron chi connectivity index (χ1n) is 7.75. The Hall–Kier alpha value is -1.07. The molecule has 0 atom stereocenters. The van der Waals surface area contributed by atoms with Crippen LogP contribution in [0.1, 0.15) is 27.7 Å². The van der Waals surface area contributed by atoms with Crippen molar-refractivity contribution in [2.45, 2.75) is 38.9 Å². The Kier molecular flexibility index (Phi) is 3.34. The highest BCUT2D eigenvalue weighted by atomic mass is 35.5. The number of hydrogen-bond acceptors (Lipinski definition) is 3. The van der Waals surface area contributed by atoms with E-state index in [1.165, 1.54) is 20.2 Å². The van der Waals surface area contributed by atoms with Crippen LogP contribution in [0, 0.1) is 0 Å². The highest BCUT2D eigenvalue weighted by Crippen LogP contribution is 2.39. The molecule has 4 rings (SSSR count). The van der Waals surface area contributed by atoms with Crippen molar-refractivity contribution in [1.82, 2.24) is 0 Å². The fourth-order valence-corrected chi connectivity index (χ4v) is 4.36. The highest BCUT2D eigenvalue weighted by Gasteiger charge is 2.52. The van der Waals surface area contributed by atoms with Crippen molar-refractivity contribution in [2.75, 3.05) is 0 Å². The molecule has 0 saturated carbocycles. The van der Waals surface area contributed by atoms with Gasteiger partial charge in [-0.05, 0) is 39.8 Å². The molecule has 5 heteroatoms. The second kappa shape index (κ2) is 4.96. The summed E-state index contributed by atoms with van der Waals surface area (Å²) in [6.07, 6.45) is 0. The van der Waals surface area contributed by atoms with E-state index in [9.17, 15) is 0 Å². The van der Waals surface area contributed by atoms with Crippen LogP contribution in [-0.4, -0.2) is 18.3 Å². The van der Waals surface area contributed by atoms with Gasteiger partial charge in [-0.25, -0.2) is 0 Å². The third-order valence-corrected chi connectivity index (χ3v) is 6.46. The van der Waals surface area contributed by atoms with Gasteiger partial charge in [0, 0.05) is 30.7 Å². The van der Waals surface area contributed by atoms with Crippen molar-refractivity contribution < 1.29 is 9.31 Å². The third kappa shape index (κ3) is 2.32. The molecule has 1 aliphatic rings. The molecule has 2 aromatic carbocycles. The van der Waals surface area contributed by atoms with Crippen LogP contribution in [0.2, 0.25) is 5.02 Å². The number of rotatable bonds is 1. The first-order chi connectivity index (χ1) is 10.8. The summed E-state index contributed by atoms with van der Waals surface area (Å²) in [4.78, 5) is 0. The highest BCUT2D eigenvalue weighted by molar-refractivity contribution is 7.25. The summed E-state index contributed by atoms with van der Waals surface area (Å²) < 4.78 is 14.8. The molecule has 1 saturated heterocycles. The van der Waals surface area contributed by atoms with Crippen molar-refractivity contribution in [2.24, 2.45) is 0 Å². The predicted octanol–water partition coefficient (Wildman–Crippen LogP) is 5.01. The van der Waals surface area contributed by atoms with Crippen LogP contribution in [0.5, 0.6) is 0 Å². The molecule has 0 N–H and O–H groups in total. The van der Waals surface area contributed by atoms with Crippen molar-refractivity contribution in [3.05, 3.63) is 41.4 Å². The Bertz CT molecular complexity index is 900. The van der Waals surface area contributed by atoms with Crippen LogP contribution in [0.15, 0.2) is 36.4 Å². The Morgan fingerprint density at radius 1 is 0.913 bits per heavy atom. The molecular formula is C18H18BClO2S. The Morgan fingerprint density at radius 2 is 1.57 bits per heavy atom. The molecule has 1 aromatic heterocycles. The average molecular weight is 345 g/mol. The molecule has 3 aromatic rings. The number of fused-ring (bicyclic) bond motifs is 3. The van der Waals surface area contributed by atoms with Crippen LogP contribution < -0.4 is 5.46 Å². The van der Waals surface area contributed by atoms with Crippen LogP contribution in [0.3, 0.4) is 0 Å². The molecule has 118 valence electrons. The maximum absolute atomic E-state index is 6.54. The molecule has 1 aliphatic heterocycles. The van der Waals surface area contributed by atoms with Gasteiger partial charge < -0.3 is 9.31 Å². The van der Waals surface area contributed by atoms with Gasteiger partial charge in [0.15, 0.2) is 0 Å². The Morgan fingerprint density at radius 3 is 2.26 bits per heavy atom. The molecule has 2 heterocycles. The third-order valence-electron chi connectivity index (χ3n) is 5.00. The van der Waals surface area contributed by atoms with E-state index in [2.05, 4.69) is 58.0 Å². The van der Waals surface area contributed by atoms with E-state index < -0.39 is 7.12 Å². The molecule has 2 nitrogen and oxygen atoms in total. The summed E-state index contributed by atoms with van der Waals surface area (Å²) in [5, 5.41) is 3.16. The van der Waals surface area contributed by atoms with E-state index in [0.29, 0.717) is 5.02 Å². The molecule has 23 heavy (non-hydrogen) atoms. The van der Waals surface area contributed by atoms with Crippen LogP contribution in [0.4, 0.5) is 0 Å². The summed E-state index contributed by atoms with van der Waals surface area (Å²) in [5.74, 6) is 0. The Balaban J connectivity index is 1.88. The zero-order chi connectivity index (χ0) is 16.4. The number of thiophene rings is 1. The fourth-order valence-electron chi connectivity index (χ4n) is 2.91. The molecule has 0 amide bonds. The van der Waals surface area contributed by atoms with Crippen LogP contribution >= 0.6 is 22.9 Å². The SMILES string of the molecule is CC1(C)OB(c2cc3c(cc2Cl)sc2ccccc23)OC1(C)C. The zero-order valence-corrected chi connectivity index (χ0v) is 15.2. The van der Waals surface area contributed by atoms with Crippen LogP contribution in [-0.2, 0) is 9.31 Å². The topological polar surface area (TPSA) is 18.5 Å². The summed E-state index contributed by atoms with van der Waals surface area (Å²) in [6.45, 7) is 8.22. The fraction of sp³-hybridized carbons (Fsp3) is 0.333. The van der Waals surface area contributed by atoms with Crippen molar-refractivity contribution in [3.63, 3.8) is 0 Å². The Labute approximate surface area is 145 Å². The predicted molar refractivity (Wildman–Crippen MR) is 100 cm³/mol. The van der Waals surface area contributed by atoms with Gasteiger partial charge in [0.2, 0.25) is 0 Å². The lowest BCUT2D eigenvalue weighted by molar-refractivity contribution is 0.00578. The summed E-state index contributed by atoms with van der Waals surface area (Å²) in [5.41, 5.74) is 0.167. The van der Waals surface area contributed by atoms with E-state index in [0.717, 1.165) is 5.46 Å². The minimum absolute atomic E-state index is 0.368. The molecule has 0 unspecified atom stereocenters. The van der Waals surface area contributed by atoms with E-state index in [4.69, 9.17) is 20.9 Å². The normalized spacial score (nSPS) is 19.8. The van der Waals surface area contributed by atoms with E-state index in [1.54, 1.807) is 11.3 Å². The van der Waals surface area contributed by atoms with Gasteiger partial charge in [-0.2, -0.15) is 0 Å². The lowest BCUT2D eigenvalue weighted by atomic mass is 9.78. The van der Waals surface area contributed by atoms with Gasteiger partial charge in [0.05, 0.1) is 11.2 Å². The lowest BCUT2D eigenvalue weighted by Gasteiger charge is -2.32. The van der Waals surface area contributed by atoms with Gasteiger partial charge in [0.25, 0.3) is 0 Å². The van der Waals surface area contributed by atoms with Gasteiger partial charge in [-0.1, -0.05) is 35.9 Å². The lowest BCUT2D eigenvalue weighted by Crippen LogP contribution is -2.41. The van der Waals surface area contributed by atoms with E-state index in [-0.39, 0.29) is 11.2 Å². The summed E-state index contributed by atoms with van der Waals surface area (Å²) in [6, 6.07) is 12.6. The van der Waals surface area contributed by atoms with E-state index in [1.807, 2.05) is 6.07 Å². The van der Waals surface area contributed by atoms with Gasteiger partial charge in [-0.3, -0.25) is 0 Å². The molecule has 1 fully saturated rings. The smallest absolute Gasteiger partial charge is 0.399 e. The van der Waals surface area contributed by atoms with Gasteiger partial charge in [-0.15, -0.1) is 11.3 Å². The second-order valence-electron chi connectivity index (χ2n) is 7.06. The molecule has 0 radical (unpaired) electrons. The quantitative estimate of drug-likeness (QED) is 0.578. The zero-order valence-electron chi connectivity index (χ0n) is 13.6. The van der Waals surface area contributed by atoms with Crippen molar-refractivity contribution in [1.29, 1.82) is 0 Å². The molecule has 0 aliphatic carbocycles. The van der Waals surface area contributed by atoms with Gasteiger partial charge >= 0.3 is 7.12 Å². The molecule has 0 bridgehead atoms. The first-order valence-corrected chi connectivity index (χ1v) is 8.94. The van der Waals surface area contributed by atoms with Crippen molar-refractivity contribution >= 4 is 55.7 Å². The first kappa shape index (κ1) is 15.5. The number of hydrogen-bond donors (Lipinski definition) is 0. The van der Waals surface area contributed by atoms with E-state index >= 15 is 0 Å². The monoisotopic (exact) mass is 344 g/mol. The minimum atomic E-state index is -0.435. The summed E-state index contributed by atoms with van der Waals surface area (Å²) >= 11 is 8.30. The molecule has 0 spiro atoms. The summed E-state index contributed by atoms with van der Waals surface area (Å²) in [7, 11) is -0.435. The molecular weight excluding hydrogens is 327 g/mol. The maximum atomic E-state index is 6.54. The number of halogens is 1. The maximum Gasteiger partial charge on any atom is 0.496 e.